The number of terminal acetylenes is 3. The van der Waals surface area contributed by atoms with Gasteiger partial charge in [0.05, 0.1) is 0 Å². The number of hydrogen-bond donors (Lipinski definition) is 1. The molecule has 2 heteroatoms. The Morgan fingerprint density at radius 2 is 0.404 bits per heavy atom. The molecule has 0 saturated carbocycles. The molecule has 0 unspecified atom stereocenters. The summed E-state index contributed by atoms with van der Waals surface area (Å²) in [5.41, 5.74) is 0. The SMILES string of the molecule is C#CC#CC#CC#CC#CC#CC#CC#CC.C#CC#CC#CC#CC#CC#CC#CC#CC#C.CCCCCCCC/C=C\CCCCCCCC(=O)O.CCCCCCCCCCCCCCCCC.CCCCCCCCCCCCCCCCC. The van der Waals surface area contributed by atoms with Gasteiger partial charge in [0, 0.05) is 6.42 Å². The minimum atomic E-state index is -0.664. The Hall–Kier alpha value is -8.27. The fourth-order valence-electron chi connectivity index (χ4n) is 8.13. The van der Waals surface area contributed by atoms with Crippen molar-refractivity contribution in [2.45, 2.75) is 324 Å². The standard InChI is InChI=1S/C18H34O2.C18H2.2C17H36.C17H4/c1-2-3-4-5-6-7-8-9-10-11-12-13-14-15-16-17-18(19)20;1-3-5-7-9-11-13-15-17-18-16-14-12-10-8-6-4-2;3*1-3-5-7-9-11-13-15-17-16-14-12-10-8-6-4-2/h9-10H,2-8,11-17H2,1H3,(H,19,20);1-2H;2*3-17H2,1-2H3;1H,2H3/b10-9-;;;;. The van der Waals surface area contributed by atoms with E-state index in [0.717, 1.165) is 12.8 Å². The zero-order valence-corrected chi connectivity index (χ0v) is 56.9. The molecular weight excluding hydrogens is 1080 g/mol. The lowest BCUT2D eigenvalue weighted by molar-refractivity contribution is -0.137. The van der Waals surface area contributed by atoms with Crippen LogP contribution in [0.5, 0.6) is 0 Å². The fraction of sp³-hybridized carbons (Fsp3) is 0.575. The van der Waals surface area contributed by atoms with Gasteiger partial charge in [0.1, 0.15) is 0 Å². The Labute approximate surface area is 551 Å². The normalized spacial score (nSPS) is 8.17. The third-order valence-corrected chi connectivity index (χ3v) is 13.0. The van der Waals surface area contributed by atoms with Crippen LogP contribution >= 0.6 is 0 Å². The van der Waals surface area contributed by atoms with Crippen LogP contribution in [0.15, 0.2) is 12.2 Å². The molecule has 0 rings (SSSR count). The van der Waals surface area contributed by atoms with Crippen molar-refractivity contribution in [1.82, 2.24) is 0 Å². The molecule has 1 N–H and O–H groups in total. The van der Waals surface area contributed by atoms with Crippen molar-refractivity contribution >= 4 is 5.97 Å². The van der Waals surface area contributed by atoms with Gasteiger partial charge in [0.25, 0.3) is 0 Å². The van der Waals surface area contributed by atoms with E-state index in [9.17, 15) is 4.79 Å². The summed E-state index contributed by atoms with van der Waals surface area (Å²) in [4.78, 5) is 10.3. The molecule has 0 fully saturated rings. The average Bonchev–Trinajstić information content (AvgIpc) is 3.54. The highest BCUT2D eigenvalue weighted by molar-refractivity contribution is 5.66. The van der Waals surface area contributed by atoms with Crippen LogP contribution in [-0.4, -0.2) is 11.1 Å². The molecule has 0 aromatic carbocycles. The molecule has 0 atom stereocenters. The molecule has 0 aromatic heterocycles. The first-order valence-corrected chi connectivity index (χ1v) is 34.1. The number of carboxylic acids is 1. The minimum Gasteiger partial charge on any atom is -0.481 e. The topological polar surface area (TPSA) is 37.3 Å². The number of hydrogen-bond acceptors (Lipinski definition) is 1. The van der Waals surface area contributed by atoms with Crippen LogP contribution < -0.4 is 0 Å². The van der Waals surface area contributed by atoms with E-state index in [0.29, 0.717) is 6.42 Å². The number of unbranched alkanes of at least 4 members (excludes halogenated alkanes) is 39. The van der Waals surface area contributed by atoms with Crippen molar-refractivity contribution in [2.75, 3.05) is 0 Å². The second kappa shape index (κ2) is 96.1. The molecule has 0 aliphatic heterocycles. The molecule has 0 bridgehead atoms. The maximum Gasteiger partial charge on any atom is 0.303 e. The van der Waals surface area contributed by atoms with Crippen LogP contribution in [-0.2, 0) is 4.79 Å². The molecule has 89 heavy (non-hydrogen) atoms. The minimum absolute atomic E-state index is 0.332. The van der Waals surface area contributed by atoms with Gasteiger partial charge in [-0.1, -0.05) is 297 Å². The molecule has 0 heterocycles. The van der Waals surface area contributed by atoms with Gasteiger partial charge in [-0.3, -0.25) is 4.79 Å². The van der Waals surface area contributed by atoms with E-state index in [-0.39, 0.29) is 0 Å². The zero-order chi connectivity index (χ0) is 66.0. The van der Waals surface area contributed by atoms with Crippen LogP contribution in [0.4, 0.5) is 0 Å². The van der Waals surface area contributed by atoms with E-state index in [1.54, 1.807) is 6.92 Å². The lowest BCUT2D eigenvalue weighted by Crippen LogP contribution is -1.93. The lowest BCUT2D eigenvalue weighted by Gasteiger charge is -2.02. The second-order valence-corrected chi connectivity index (χ2v) is 21.0. The first kappa shape index (κ1) is 89.5. The Kier molecular flexibility index (Phi) is 96.6. The van der Waals surface area contributed by atoms with Gasteiger partial charge in [-0.25, -0.2) is 0 Å². The van der Waals surface area contributed by atoms with E-state index >= 15 is 0 Å². The first-order chi connectivity index (χ1) is 43.9. The summed E-state index contributed by atoms with van der Waals surface area (Å²) in [6, 6.07) is 0. The summed E-state index contributed by atoms with van der Waals surface area (Å²) in [6.07, 6.45) is 79.7. The van der Waals surface area contributed by atoms with Gasteiger partial charge in [-0.15, -0.1) is 19.3 Å². The highest BCUT2D eigenvalue weighted by Crippen LogP contribution is 2.15. The van der Waals surface area contributed by atoms with Crippen molar-refractivity contribution in [3.63, 3.8) is 0 Å². The highest BCUT2D eigenvalue weighted by atomic mass is 16.4. The van der Waals surface area contributed by atoms with E-state index in [1.807, 2.05) is 0 Å². The van der Waals surface area contributed by atoms with E-state index in [4.69, 9.17) is 24.4 Å². The van der Waals surface area contributed by atoms with E-state index in [2.05, 4.69) is 230 Å². The smallest absolute Gasteiger partial charge is 0.303 e. The molecule has 0 amide bonds. The monoisotopic (exact) mass is 1190 g/mol. The van der Waals surface area contributed by atoms with Crippen LogP contribution in [0.2, 0.25) is 0 Å². The number of carbonyl (C=O) groups is 1. The van der Waals surface area contributed by atoms with E-state index < -0.39 is 5.97 Å². The molecule has 0 saturated heterocycles. The summed E-state index contributed by atoms with van der Waals surface area (Å²) in [5.74, 6) is 74.5. The van der Waals surface area contributed by atoms with Gasteiger partial charge in [0.15, 0.2) is 0 Å². The molecule has 0 aromatic rings. The molecule has 0 aliphatic rings. The highest BCUT2D eigenvalue weighted by Gasteiger charge is 1.97. The summed E-state index contributed by atoms with van der Waals surface area (Å²) < 4.78 is 0. The quantitative estimate of drug-likeness (QED) is 0.0375. The Morgan fingerprint density at radius 3 is 0.573 bits per heavy atom. The Morgan fingerprint density at radius 1 is 0.247 bits per heavy atom. The maximum absolute atomic E-state index is 10.3. The van der Waals surface area contributed by atoms with Gasteiger partial charge in [-0.2, -0.15) is 0 Å². The van der Waals surface area contributed by atoms with Crippen molar-refractivity contribution in [2.24, 2.45) is 0 Å². The predicted molar refractivity (Wildman–Crippen MR) is 389 cm³/mol. The molecule has 0 spiro atoms. The molecular formula is C87H112O2. The third kappa shape index (κ3) is 111. The predicted octanol–water partition coefficient (Wildman–Crippen LogP) is 20.8. The van der Waals surface area contributed by atoms with Gasteiger partial charge in [0.2, 0.25) is 0 Å². The third-order valence-electron chi connectivity index (χ3n) is 13.0. The van der Waals surface area contributed by atoms with Gasteiger partial charge >= 0.3 is 5.97 Å². The summed E-state index contributed by atoms with van der Waals surface area (Å²) >= 11 is 0. The van der Waals surface area contributed by atoms with E-state index in [1.165, 1.54) is 263 Å². The van der Waals surface area contributed by atoms with Crippen molar-refractivity contribution in [1.29, 1.82) is 0 Å². The van der Waals surface area contributed by atoms with Crippen LogP contribution in [0, 0.1) is 203 Å². The number of rotatable bonds is 43. The Bertz CT molecular complexity index is 2690. The first-order valence-electron chi connectivity index (χ1n) is 34.1. The van der Waals surface area contributed by atoms with Crippen molar-refractivity contribution < 1.29 is 9.90 Å². The van der Waals surface area contributed by atoms with Crippen LogP contribution in [0.25, 0.3) is 0 Å². The van der Waals surface area contributed by atoms with Gasteiger partial charge in [-0.05, 0) is 217 Å². The summed E-state index contributed by atoms with van der Waals surface area (Å²) in [6.45, 7) is 13.1. The molecule has 0 aliphatic carbocycles. The molecule has 472 valence electrons. The lowest BCUT2D eigenvalue weighted by atomic mass is 10.0. The van der Waals surface area contributed by atoms with Crippen LogP contribution in [0.1, 0.15) is 324 Å². The molecule has 2 nitrogen and oxygen atoms in total. The van der Waals surface area contributed by atoms with Crippen molar-refractivity contribution in [3.8, 4) is 203 Å². The molecule has 0 radical (unpaired) electrons. The van der Waals surface area contributed by atoms with Gasteiger partial charge < -0.3 is 5.11 Å². The second-order valence-electron chi connectivity index (χ2n) is 21.0. The average molecular weight is 1190 g/mol. The summed E-state index contributed by atoms with van der Waals surface area (Å²) in [5, 5.41) is 8.51. The Balaban J connectivity index is -0.000000331. The number of carboxylic acid groups (broad SMARTS) is 1. The largest absolute Gasteiger partial charge is 0.481 e. The van der Waals surface area contributed by atoms with Crippen LogP contribution in [0.3, 0.4) is 0 Å². The number of allylic oxidation sites excluding steroid dienone is 2. The summed E-state index contributed by atoms with van der Waals surface area (Å²) in [7, 11) is 0. The maximum atomic E-state index is 10.3. The fourth-order valence-corrected chi connectivity index (χ4v) is 8.13. The number of aliphatic carboxylic acids is 1. The van der Waals surface area contributed by atoms with Crippen molar-refractivity contribution in [3.05, 3.63) is 12.2 Å². The zero-order valence-electron chi connectivity index (χ0n) is 56.9.